The van der Waals surface area contributed by atoms with Gasteiger partial charge in [0.25, 0.3) is 11.5 Å². The fourth-order valence-corrected chi connectivity index (χ4v) is 6.96. The van der Waals surface area contributed by atoms with E-state index in [2.05, 4.69) is 54.0 Å². The van der Waals surface area contributed by atoms with Crippen LogP contribution in [-0.2, 0) is 17.9 Å². The topological polar surface area (TPSA) is 72.6 Å². The molecule has 0 saturated carbocycles. The van der Waals surface area contributed by atoms with Gasteiger partial charge in [0.1, 0.15) is 21.8 Å². The SMILES string of the molecule is CCCCC(CC)CN1C(=O)/C(=C\c2c(C)c(C#N)c(=O)n(CC)c2N2CCN(Cc3ccccc3)CC2)SC1=S. The number of unbranched alkanes of at least 4 members (excludes halogenated alkanes) is 1. The number of amides is 1. The molecule has 0 N–H and O–H groups in total. The highest BCUT2D eigenvalue weighted by atomic mass is 32.2. The van der Waals surface area contributed by atoms with E-state index in [0.717, 1.165) is 69.8 Å². The van der Waals surface area contributed by atoms with Gasteiger partial charge in [0, 0.05) is 51.4 Å². The minimum atomic E-state index is -0.277. The molecule has 2 saturated heterocycles. The third kappa shape index (κ3) is 6.94. The Bertz CT molecular complexity index is 1390. The fraction of sp³-hybridized carbons (Fsp3) is 0.500. The summed E-state index contributed by atoms with van der Waals surface area (Å²) in [7, 11) is 0. The Balaban J connectivity index is 1.66. The minimum absolute atomic E-state index is 0.0827. The lowest BCUT2D eigenvalue weighted by molar-refractivity contribution is -0.122. The van der Waals surface area contributed by atoms with Crippen molar-refractivity contribution in [3.05, 3.63) is 67.8 Å². The second-order valence-corrected chi connectivity index (χ2v) is 12.5. The first-order valence-corrected chi connectivity index (χ1v) is 16.0. The van der Waals surface area contributed by atoms with Crippen LogP contribution in [0.1, 0.15) is 68.7 Å². The number of hydrogen-bond donors (Lipinski definition) is 0. The second-order valence-electron chi connectivity index (χ2n) is 10.9. The molecule has 1 unspecified atom stereocenters. The largest absolute Gasteiger partial charge is 0.355 e. The molecule has 2 aromatic rings. The molecule has 9 heteroatoms. The molecule has 0 spiro atoms. The third-order valence-electron chi connectivity index (χ3n) is 8.22. The average molecular weight is 592 g/mol. The van der Waals surface area contributed by atoms with Crippen molar-refractivity contribution < 1.29 is 4.79 Å². The van der Waals surface area contributed by atoms with Crippen LogP contribution in [0.15, 0.2) is 40.0 Å². The van der Waals surface area contributed by atoms with Crippen LogP contribution in [0.25, 0.3) is 6.08 Å². The van der Waals surface area contributed by atoms with Gasteiger partial charge >= 0.3 is 0 Å². The first-order valence-electron chi connectivity index (χ1n) is 14.8. The Morgan fingerprint density at radius 3 is 2.41 bits per heavy atom. The van der Waals surface area contributed by atoms with Crippen molar-refractivity contribution in [2.45, 2.75) is 66.5 Å². The molecule has 1 aromatic heterocycles. The van der Waals surface area contributed by atoms with E-state index in [9.17, 15) is 14.9 Å². The molecular weight excluding hydrogens is 551 g/mol. The molecule has 0 aliphatic carbocycles. The van der Waals surface area contributed by atoms with E-state index in [-0.39, 0.29) is 17.0 Å². The molecule has 1 amide bonds. The molecule has 1 atom stereocenters. The smallest absolute Gasteiger partial charge is 0.270 e. The van der Waals surface area contributed by atoms with Crippen molar-refractivity contribution in [2.24, 2.45) is 5.92 Å². The second kappa shape index (κ2) is 14.3. The summed E-state index contributed by atoms with van der Waals surface area (Å²) in [6, 6.07) is 12.6. The number of pyridine rings is 1. The van der Waals surface area contributed by atoms with Crippen molar-refractivity contribution in [1.29, 1.82) is 5.26 Å². The Morgan fingerprint density at radius 1 is 1.10 bits per heavy atom. The predicted molar refractivity (Wildman–Crippen MR) is 173 cm³/mol. The van der Waals surface area contributed by atoms with E-state index >= 15 is 0 Å². The molecule has 218 valence electrons. The zero-order chi connectivity index (χ0) is 29.5. The maximum Gasteiger partial charge on any atom is 0.270 e. The number of benzene rings is 1. The first-order chi connectivity index (χ1) is 19.8. The molecule has 7 nitrogen and oxygen atoms in total. The average Bonchev–Trinajstić information content (AvgIpc) is 3.24. The molecular formula is C32H41N5O2S2. The summed E-state index contributed by atoms with van der Waals surface area (Å²) in [5.41, 5.74) is 2.51. The van der Waals surface area contributed by atoms with Crippen LogP contribution in [0, 0.1) is 24.2 Å². The molecule has 2 fully saturated rings. The zero-order valence-electron chi connectivity index (χ0n) is 24.7. The lowest BCUT2D eigenvalue weighted by atomic mass is 9.99. The fourth-order valence-electron chi connectivity index (χ4n) is 5.70. The Labute approximate surface area is 253 Å². The van der Waals surface area contributed by atoms with Crippen molar-refractivity contribution in [2.75, 3.05) is 37.6 Å². The van der Waals surface area contributed by atoms with Crippen molar-refractivity contribution in [3.63, 3.8) is 0 Å². The predicted octanol–water partition coefficient (Wildman–Crippen LogP) is 5.79. The van der Waals surface area contributed by atoms with Crippen LogP contribution in [0.2, 0.25) is 0 Å². The molecule has 0 bridgehead atoms. The monoisotopic (exact) mass is 591 g/mol. The highest BCUT2D eigenvalue weighted by Crippen LogP contribution is 2.37. The van der Waals surface area contributed by atoms with Crippen molar-refractivity contribution in [3.8, 4) is 6.07 Å². The number of thioether (sulfide) groups is 1. The van der Waals surface area contributed by atoms with E-state index in [1.165, 1.54) is 17.3 Å². The number of carbonyl (C=O) groups is 1. The lowest BCUT2D eigenvalue weighted by Crippen LogP contribution is -2.48. The summed E-state index contributed by atoms with van der Waals surface area (Å²) in [6.07, 6.45) is 6.23. The number of thiocarbonyl (C=S) groups is 1. The van der Waals surface area contributed by atoms with Gasteiger partial charge in [0.05, 0.1) is 4.91 Å². The van der Waals surface area contributed by atoms with Crippen LogP contribution in [0.5, 0.6) is 0 Å². The Kier molecular flexibility index (Phi) is 10.8. The van der Waals surface area contributed by atoms with Crippen LogP contribution in [0.3, 0.4) is 0 Å². The van der Waals surface area contributed by atoms with Crippen LogP contribution >= 0.6 is 24.0 Å². The van der Waals surface area contributed by atoms with E-state index in [0.29, 0.717) is 33.8 Å². The van der Waals surface area contributed by atoms with Gasteiger partial charge in [-0.15, -0.1) is 0 Å². The molecule has 3 heterocycles. The summed E-state index contributed by atoms with van der Waals surface area (Å²) in [5, 5.41) is 9.91. The van der Waals surface area contributed by atoms with Gasteiger partial charge in [-0.2, -0.15) is 5.26 Å². The number of aromatic nitrogens is 1. The number of carbonyl (C=O) groups excluding carboxylic acids is 1. The van der Waals surface area contributed by atoms with Crippen LogP contribution in [0.4, 0.5) is 5.82 Å². The van der Waals surface area contributed by atoms with Gasteiger partial charge in [0.15, 0.2) is 0 Å². The van der Waals surface area contributed by atoms with Crippen molar-refractivity contribution in [1.82, 2.24) is 14.4 Å². The molecule has 1 aromatic carbocycles. The van der Waals surface area contributed by atoms with Crippen LogP contribution in [-0.4, -0.2) is 57.3 Å². The summed E-state index contributed by atoms with van der Waals surface area (Å²) < 4.78 is 2.28. The normalized spacial score (nSPS) is 17.9. The summed E-state index contributed by atoms with van der Waals surface area (Å²) in [5.74, 6) is 1.11. The number of anilines is 1. The zero-order valence-corrected chi connectivity index (χ0v) is 26.3. The molecule has 2 aliphatic rings. The minimum Gasteiger partial charge on any atom is -0.355 e. The quantitative estimate of drug-likeness (QED) is 0.242. The standard InChI is InChI=1S/C32H41N5O2S2/c1-5-8-12-24(6-2)22-37-31(39)28(41-32(37)40)19-26-23(4)27(20-33)30(38)36(7-3)29(26)35-17-15-34(16-18-35)21-25-13-10-9-11-14-25/h9-11,13-14,19,24H,5-8,12,15-18,21-22H2,1-4H3/b28-19+. The molecule has 41 heavy (non-hydrogen) atoms. The number of nitrogens with zero attached hydrogens (tertiary/aromatic N) is 5. The Hall–Kier alpha value is -2.93. The molecule has 2 aliphatic heterocycles. The van der Waals surface area contributed by atoms with Gasteiger partial charge < -0.3 is 4.90 Å². The number of piperazine rings is 1. The number of hydrogen-bond acceptors (Lipinski definition) is 7. The highest BCUT2D eigenvalue weighted by molar-refractivity contribution is 8.26. The van der Waals surface area contributed by atoms with Gasteiger partial charge in [-0.25, -0.2) is 0 Å². The van der Waals surface area contributed by atoms with E-state index in [1.807, 2.05) is 26.0 Å². The van der Waals surface area contributed by atoms with E-state index in [4.69, 9.17) is 12.2 Å². The highest BCUT2D eigenvalue weighted by Gasteiger charge is 2.34. The van der Waals surface area contributed by atoms with Gasteiger partial charge in [-0.1, -0.05) is 87.4 Å². The van der Waals surface area contributed by atoms with E-state index < -0.39 is 0 Å². The maximum absolute atomic E-state index is 13.6. The number of rotatable bonds is 11. The molecule has 0 radical (unpaired) electrons. The summed E-state index contributed by atoms with van der Waals surface area (Å²) in [4.78, 5) is 34.0. The van der Waals surface area contributed by atoms with Crippen LogP contribution < -0.4 is 10.5 Å². The van der Waals surface area contributed by atoms with Gasteiger partial charge in [-0.05, 0) is 43.4 Å². The number of nitriles is 1. The van der Waals surface area contributed by atoms with Crippen molar-refractivity contribution >= 4 is 46.1 Å². The Morgan fingerprint density at radius 2 is 1.80 bits per heavy atom. The van der Waals surface area contributed by atoms with E-state index in [1.54, 1.807) is 9.47 Å². The summed E-state index contributed by atoms with van der Waals surface area (Å²) in [6.45, 7) is 13.2. The van der Waals surface area contributed by atoms with Gasteiger partial charge in [-0.3, -0.25) is 24.0 Å². The first kappa shape index (κ1) is 31.0. The molecule has 4 rings (SSSR count). The maximum atomic E-state index is 13.6. The lowest BCUT2D eigenvalue weighted by Gasteiger charge is -2.38. The van der Waals surface area contributed by atoms with Gasteiger partial charge in [0.2, 0.25) is 0 Å². The summed E-state index contributed by atoms with van der Waals surface area (Å²) >= 11 is 6.99. The third-order valence-corrected chi connectivity index (χ3v) is 9.59.